The standard InChI is InChI=1S/C16H20N2O2/c1-3-9-18-14-10-13(15(4-2)20-16(17)19)11-7-5-6-8-12(11)14/h1,5-8,13-15,18H,4,9-10H2,2H3,(H2,17,19)/t13?,14-,15?/m1/s1. The highest BCUT2D eigenvalue weighted by Gasteiger charge is 2.36. The number of hydrogen-bond acceptors (Lipinski definition) is 3. The molecule has 0 spiro atoms. The first-order valence-electron chi connectivity index (χ1n) is 6.89. The van der Waals surface area contributed by atoms with Gasteiger partial charge in [0, 0.05) is 12.0 Å². The van der Waals surface area contributed by atoms with Crippen molar-refractivity contribution in [3.8, 4) is 12.3 Å². The number of nitrogens with one attached hydrogen (secondary N) is 1. The van der Waals surface area contributed by atoms with Crippen LogP contribution in [0.3, 0.4) is 0 Å². The molecule has 2 rings (SSSR count). The molecule has 0 saturated carbocycles. The van der Waals surface area contributed by atoms with Crippen LogP contribution in [0.4, 0.5) is 4.79 Å². The van der Waals surface area contributed by atoms with Crippen molar-refractivity contribution in [1.82, 2.24) is 5.32 Å². The fraction of sp³-hybridized carbons (Fsp3) is 0.438. The molecule has 3 atom stereocenters. The second-order valence-electron chi connectivity index (χ2n) is 4.99. The fourth-order valence-electron chi connectivity index (χ4n) is 3.00. The third kappa shape index (κ3) is 2.94. The van der Waals surface area contributed by atoms with Crippen LogP contribution in [0.25, 0.3) is 0 Å². The van der Waals surface area contributed by atoms with Crippen LogP contribution in [-0.4, -0.2) is 18.7 Å². The Kier molecular flexibility index (Phi) is 4.65. The molecule has 0 fully saturated rings. The maximum Gasteiger partial charge on any atom is 0.404 e. The molecule has 106 valence electrons. The largest absolute Gasteiger partial charge is 0.446 e. The Morgan fingerprint density at radius 1 is 1.55 bits per heavy atom. The van der Waals surface area contributed by atoms with Gasteiger partial charge in [0.05, 0.1) is 6.54 Å². The van der Waals surface area contributed by atoms with Crippen LogP contribution >= 0.6 is 0 Å². The van der Waals surface area contributed by atoms with E-state index in [-0.39, 0.29) is 18.1 Å². The molecule has 4 heteroatoms. The Morgan fingerprint density at radius 2 is 2.25 bits per heavy atom. The molecule has 0 radical (unpaired) electrons. The monoisotopic (exact) mass is 272 g/mol. The van der Waals surface area contributed by atoms with Gasteiger partial charge < -0.3 is 10.5 Å². The highest BCUT2D eigenvalue weighted by atomic mass is 16.6. The average molecular weight is 272 g/mol. The van der Waals surface area contributed by atoms with E-state index in [1.165, 1.54) is 11.1 Å². The van der Waals surface area contributed by atoms with E-state index in [1.54, 1.807) is 0 Å². The van der Waals surface area contributed by atoms with Crippen molar-refractivity contribution < 1.29 is 9.53 Å². The summed E-state index contributed by atoms with van der Waals surface area (Å²) in [5.74, 6) is 2.76. The minimum absolute atomic E-state index is 0.166. The van der Waals surface area contributed by atoms with E-state index in [9.17, 15) is 4.79 Å². The van der Waals surface area contributed by atoms with Gasteiger partial charge in [0.15, 0.2) is 0 Å². The van der Waals surface area contributed by atoms with Crippen molar-refractivity contribution in [3.05, 3.63) is 35.4 Å². The SMILES string of the molecule is C#CCN[C@@H]1CC(C(CC)OC(N)=O)c2ccccc21. The zero-order chi connectivity index (χ0) is 14.5. The van der Waals surface area contributed by atoms with E-state index in [0.717, 1.165) is 12.8 Å². The number of amides is 1. The number of terminal acetylenes is 1. The molecular formula is C16H20N2O2. The van der Waals surface area contributed by atoms with Crippen molar-refractivity contribution in [3.63, 3.8) is 0 Å². The quantitative estimate of drug-likeness (QED) is 0.808. The summed E-state index contributed by atoms with van der Waals surface area (Å²) in [5, 5.41) is 3.34. The van der Waals surface area contributed by atoms with Crippen LogP contribution in [0.2, 0.25) is 0 Å². The molecule has 0 bridgehead atoms. The summed E-state index contributed by atoms with van der Waals surface area (Å²) in [7, 11) is 0. The number of benzene rings is 1. The highest BCUT2D eigenvalue weighted by Crippen LogP contribution is 2.43. The minimum atomic E-state index is -0.714. The van der Waals surface area contributed by atoms with E-state index in [1.807, 2.05) is 19.1 Å². The van der Waals surface area contributed by atoms with Gasteiger partial charge in [-0.3, -0.25) is 5.32 Å². The van der Waals surface area contributed by atoms with Crippen molar-refractivity contribution in [2.45, 2.75) is 37.8 Å². The average Bonchev–Trinajstić information content (AvgIpc) is 2.81. The third-order valence-electron chi connectivity index (χ3n) is 3.83. The van der Waals surface area contributed by atoms with Gasteiger partial charge in [0.1, 0.15) is 6.10 Å². The van der Waals surface area contributed by atoms with Crippen molar-refractivity contribution in [2.24, 2.45) is 5.73 Å². The van der Waals surface area contributed by atoms with Crippen LogP contribution in [0.1, 0.15) is 42.9 Å². The number of primary amides is 1. The van der Waals surface area contributed by atoms with Gasteiger partial charge >= 0.3 is 6.09 Å². The fourth-order valence-corrected chi connectivity index (χ4v) is 3.00. The van der Waals surface area contributed by atoms with Gasteiger partial charge in [0.2, 0.25) is 0 Å². The van der Waals surface area contributed by atoms with Crippen LogP contribution < -0.4 is 11.1 Å². The number of hydrogen-bond donors (Lipinski definition) is 2. The molecule has 1 aromatic rings. The number of nitrogens with two attached hydrogens (primary N) is 1. The Bertz CT molecular complexity index is 521. The normalized spacial score (nSPS) is 21.8. The first-order chi connectivity index (χ1) is 9.67. The molecule has 2 unspecified atom stereocenters. The summed E-state index contributed by atoms with van der Waals surface area (Å²) >= 11 is 0. The predicted octanol–water partition coefficient (Wildman–Crippen LogP) is 2.31. The van der Waals surface area contributed by atoms with Gasteiger partial charge in [-0.25, -0.2) is 4.79 Å². The first kappa shape index (κ1) is 14.4. The molecule has 1 amide bonds. The lowest BCUT2D eigenvalue weighted by Crippen LogP contribution is -2.28. The van der Waals surface area contributed by atoms with Gasteiger partial charge in [-0.05, 0) is 24.0 Å². The zero-order valence-electron chi connectivity index (χ0n) is 11.6. The van der Waals surface area contributed by atoms with Crippen LogP contribution in [-0.2, 0) is 4.74 Å². The van der Waals surface area contributed by atoms with E-state index in [0.29, 0.717) is 6.54 Å². The molecule has 1 aliphatic rings. The summed E-state index contributed by atoms with van der Waals surface area (Å²) in [6, 6.07) is 8.41. The number of ether oxygens (including phenoxy) is 1. The lowest BCUT2D eigenvalue weighted by Gasteiger charge is -2.22. The Balaban J connectivity index is 2.23. The van der Waals surface area contributed by atoms with Crippen molar-refractivity contribution in [1.29, 1.82) is 0 Å². The molecule has 1 aromatic carbocycles. The minimum Gasteiger partial charge on any atom is -0.446 e. The van der Waals surface area contributed by atoms with Crippen LogP contribution in [0.5, 0.6) is 0 Å². The van der Waals surface area contributed by atoms with Gasteiger partial charge in [-0.1, -0.05) is 37.1 Å². The first-order valence-corrected chi connectivity index (χ1v) is 6.89. The molecule has 20 heavy (non-hydrogen) atoms. The van der Waals surface area contributed by atoms with Gasteiger partial charge in [-0.2, -0.15) is 0 Å². The Hall–Kier alpha value is -1.99. The number of carbonyl (C=O) groups excluding carboxylic acids is 1. The topological polar surface area (TPSA) is 64.3 Å². The molecule has 3 N–H and O–H groups in total. The van der Waals surface area contributed by atoms with Gasteiger partial charge in [0.25, 0.3) is 0 Å². The smallest absolute Gasteiger partial charge is 0.404 e. The van der Waals surface area contributed by atoms with Crippen molar-refractivity contribution in [2.75, 3.05) is 6.54 Å². The lowest BCUT2D eigenvalue weighted by molar-refractivity contribution is 0.0851. The maximum absolute atomic E-state index is 11.0. The number of carbonyl (C=O) groups is 1. The maximum atomic E-state index is 11.0. The number of rotatable bonds is 5. The number of fused-ring (bicyclic) bond motifs is 1. The van der Waals surface area contributed by atoms with Crippen LogP contribution in [0, 0.1) is 12.3 Å². The summed E-state index contributed by atoms with van der Waals surface area (Å²) < 4.78 is 5.26. The van der Waals surface area contributed by atoms with E-state index >= 15 is 0 Å². The Morgan fingerprint density at radius 3 is 2.85 bits per heavy atom. The summed E-state index contributed by atoms with van der Waals surface area (Å²) in [4.78, 5) is 11.0. The molecule has 1 aliphatic carbocycles. The summed E-state index contributed by atoms with van der Waals surface area (Å²) in [5.41, 5.74) is 7.62. The summed E-state index contributed by atoms with van der Waals surface area (Å²) in [6.07, 6.45) is 6.02. The molecule has 0 aliphatic heterocycles. The summed E-state index contributed by atoms with van der Waals surface area (Å²) in [6.45, 7) is 2.53. The highest BCUT2D eigenvalue weighted by molar-refractivity contribution is 5.65. The predicted molar refractivity (Wildman–Crippen MR) is 78.1 cm³/mol. The molecule has 0 saturated heterocycles. The molecule has 0 heterocycles. The molecule has 4 nitrogen and oxygen atoms in total. The molecular weight excluding hydrogens is 252 g/mol. The second-order valence-corrected chi connectivity index (χ2v) is 4.99. The molecule has 0 aromatic heterocycles. The Labute approximate surface area is 119 Å². The van der Waals surface area contributed by atoms with Crippen LogP contribution in [0.15, 0.2) is 24.3 Å². The second kappa shape index (κ2) is 6.44. The third-order valence-corrected chi connectivity index (χ3v) is 3.83. The lowest BCUT2D eigenvalue weighted by atomic mass is 9.93. The van der Waals surface area contributed by atoms with Crippen molar-refractivity contribution >= 4 is 6.09 Å². The van der Waals surface area contributed by atoms with E-state index in [4.69, 9.17) is 16.9 Å². The van der Waals surface area contributed by atoms with E-state index < -0.39 is 6.09 Å². The zero-order valence-corrected chi connectivity index (χ0v) is 11.6. The van der Waals surface area contributed by atoms with Gasteiger partial charge in [-0.15, -0.1) is 6.42 Å². The van der Waals surface area contributed by atoms with E-state index in [2.05, 4.69) is 23.4 Å².